The minimum atomic E-state index is -0.227. The molecule has 0 radical (unpaired) electrons. The van der Waals surface area contributed by atoms with Crippen molar-refractivity contribution in [2.75, 3.05) is 13.1 Å². The zero-order chi connectivity index (χ0) is 10.7. The summed E-state index contributed by atoms with van der Waals surface area (Å²) in [5.41, 5.74) is 1.13. The largest absolute Gasteiger partial charge is 0.451 e. The normalized spacial score (nSPS) is 19.8. The van der Waals surface area contributed by atoms with Crippen molar-refractivity contribution < 1.29 is 9.47 Å². The Bertz CT molecular complexity index is 323. The predicted molar refractivity (Wildman–Crippen MR) is 58.6 cm³/mol. The molecule has 1 unspecified atom stereocenters. The second-order valence-corrected chi connectivity index (χ2v) is 3.56. The monoisotopic (exact) mass is 207 g/mol. The number of rotatable bonds is 3. The fourth-order valence-corrected chi connectivity index (χ4v) is 1.74. The summed E-state index contributed by atoms with van der Waals surface area (Å²) in [7, 11) is 0. The maximum absolute atomic E-state index is 5.78. The second kappa shape index (κ2) is 4.64. The van der Waals surface area contributed by atoms with Crippen molar-refractivity contribution in [3.8, 4) is 5.75 Å². The Balaban J connectivity index is 2.11. The SMILES string of the molecule is CCN(CC)C1OCc2ccccc2O1. The summed E-state index contributed by atoms with van der Waals surface area (Å²) in [6.45, 7) is 6.72. The zero-order valence-electron chi connectivity index (χ0n) is 9.27. The molecule has 82 valence electrons. The molecule has 0 saturated heterocycles. The van der Waals surface area contributed by atoms with Crippen LogP contribution in [0.1, 0.15) is 19.4 Å². The van der Waals surface area contributed by atoms with E-state index in [1.165, 1.54) is 0 Å². The highest BCUT2D eigenvalue weighted by Gasteiger charge is 2.23. The molecule has 1 atom stereocenters. The summed E-state index contributed by atoms with van der Waals surface area (Å²) < 4.78 is 11.4. The van der Waals surface area contributed by atoms with Gasteiger partial charge in [-0.1, -0.05) is 32.0 Å². The molecule has 1 heterocycles. The molecule has 0 spiro atoms. The number of para-hydroxylation sites is 1. The Labute approximate surface area is 90.6 Å². The third-order valence-corrected chi connectivity index (χ3v) is 2.69. The summed E-state index contributed by atoms with van der Waals surface area (Å²) in [6.07, 6.45) is -0.227. The smallest absolute Gasteiger partial charge is 0.262 e. The number of hydrogen-bond donors (Lipinski definition) is 0. The Kier molecular flexibility index (Phi) is 3.23. The summed E-state index contributed by atoms with van der Waals surface area (Å²) in [5, 5.41) is 0. The van der Waals surface area contributed by atoms with E-state index in [2.05, 4.69) is 18.7 Å². The van der Waals surface area contributed by atoms with Gasteiger partial charge in [0.2, 0.25) is 0 Å². The molecular formula is C12H17NO2. The van der Waals surface area contributed by atoms with Crippen LogP contribution >= 0.6 is 0 Å². The number of nitrogens with zero attached hydrogens (tertiary/aromatic N) is 1. The molecule has 0 fully saturated rings. The van der Waals surface area contributed by atoms with Gasteiger partial charge < -0.3 is 9.47 Å². The average molecular weight is 207 g/mol. The van der Waals surface area contributed by atoms with Gasteiger partial charge in [-0.25, -0.2) is 4.90 Å². The van der Waals surface area contributed by atoms with Crippen LogP contribution in [0.25, 0.3) is 0 Å². The molecule has 0 aliphatic carbocycles. The molecular weight excluding hydrogens is 190 g/mol. The van der Waals surface area contributed by atoms with E-state index in [9.17, 15) is 0 Å². The molecule has 0 amide bonds. The number of benzene rings is 1. The van der Waals surface area contributed by atoms with E-state index in [-0.39, 0.29) is 6.41 Å². The van der Waals surface area contributed by atoms with Gasteiger partial charge in [0.1, 0.15) is 5.75 Å². The van der Waals surface area contributed by atoms with E-state index >= 15 is 0 Å². The van der Waals surface area contributed by atoms with E-state index < -0.39 is 0 Å². The average Bonchev–Trinajstić information content (AvgIpc) is 2.30. The molecule has 0 saturated carbocycles. The number of ether oxygens (including phenoxy) is 2. The maximum atomic E-state index is 5.78. The zero-order valence-corrected chi connectivity index (χ0v) is 9.27. The van der Waals surface area contributed by atoms with Crippen molar-refractivity contribution in [1.82, 2.24) is 4.90 Å². The molecule has 0 bridgehead atoms. The molecule has 0 N–H and O–H groups in total. The van der Waals surface area contributed by atoms with Crippen molar-refractivity contribution in [1.29, 1.82) is 0 Å². The van der Waals surface area contributed by atoms with Crippen LogP contribution in [0, 0.1) is 0 Å². The topological polar surface area (TPSA) is 21.7 Å². The van der Waals surface area contributed by atoms with Crippen LogP contribution in [0.4, 0.5) is 0 Å². The second-order valence-electron chi connectivity index (χ2n) is 3.56. The summed E-state index contributed by atoms with van der Waals surface area (Å²) in [4.78, 5) is 2.15. The molecule has 1 aliphatic rings. The fourth-order valence-electron chi connectivity index (χ4n) is 1.74. The molecule has 1 aromatic carbocycles. The third-order valence-electron chi connectivity index (χ3n) is 2.69. The Morgan fingerprint density at radius 3 is 2.73 bits per heavy atom. The highest BCUT2D eigenvalue weighted by molar-refractivity contribution is 5.33. The summed E-state index contributed by atoms with van der Waals surface area (Å²) in [6, 6.07) is 8.02. The molecule has 1 aliphatic heterocycles. The van der Waals surface area contributed by atoms with Gasteiger partial charge in [-0.15, -0.1) is 0 Å². The van der Waals surface area contributed by atoms with Gasteiger partial charge in [0.25, 0.3) is 6.41 Å². The molecule has 1 aromatic rings. The van der Waals surface area contributed by atoms with Gasteiger partial charge in [-0.3, -0.25) is 0 Å². The first-order valence-electron chi connectivity index (χ1n) is 5.45. The number of hydrogen-bond acceptors (Lipinski definition) is 3. The van der Waals surface area contributed by atoms with E-state index in [1.54, 1.807) is 0 Å². The van der Waals surface area contributed by atoms with Gasteiger partial charge >= 0.3 is 0 Å². The van der Waals surface area contributed by atoms with E-state index in [0.717, 1.165) is 24.4 Å². The molecule has 2 rings (SSSR count). The standard InChI is InChI=1S/C12H17NO2/c1-3-13(4-2)12-14-9-10-7-5-6-8-11(10)15-12/h5-8,12H,3-4,9H2,1-2H3. The van der Waals surface area contributed by atoms with Crippen molar-refractivity contribution in [2.45, 2.75) is 26.9 Å². The first-order valence-corrected chi connectivity index (χ1v) is 5.45. The van der Waals surface area contributed by atoms with Gasteiger partial charge in [-0.2, -0.15) is 0 Å². The van der Waals surface area contributed by atoms with E-state index in [0.29, 0.717) is 6.61 Å². The van der Waals surface area contributed by atoms with Gasteiger partial charge in [0, 0.05) is 18.7 Å². The van der Waals surface area contributed by atoms with Gasteiger partial charge in [-0.05, 0) is 6.07 Å². The third kappa shape index (κ3) is 2.13. The van der Waals surface area contributed by atoms with Crippen LogP contribution in [-0.2, 0) is 11.3 Å². The van der Waals surface area contributed by atoms with Crippen molar-refractivity contribution in [2.24, 2.45) is 0 Å². The van der Waals surface area contributed by atoms with Crippen LogP contribution in [-0.4, -0.2) is 24.4 Å². The highest BCUT2D eigenvalue weighted by atomic mass is 16.7. The highest BCUT2D eigenvalue weighted by Crippen LogP contribution is 2.26. The first-order chi connectivity index (χ1) is 7.35. The van der Waals surface area contributed by atoms with Crippen molar-refractivity contribution in [3.05, 3.63) is 29.8 Å². The van der Waals surface area contributed by atoms with Crippen LogP contribution in [0.2, 0.25) is 0 Å². The Morgan fingerprint density at radius 2 is 2.00 bits per heavy atom. The van der Waals surface area contributed by atoms with Gasteiger partial charge in [0.15, 0.2) is 0 Å². The maximum Gasteiger partial charge on any atom is 0.262 e. The Hall–Kier alpha value is -1.06. The summed E-state index contributed by atoms with van der Waals surface area (Å²) in [5.74, 6) is 0.945. The molecule has 0 aromatic heterocycles. The van der Waals surface area contributed by atoms with Crippen LogP contribution in [0.5, 0.6) is 5.75 Å². The lowest BCUT2D eigenvalue weighted by Gasteiger charge is -2.33. The molecule has 3 heteroatoms. The van der Waals surface area contributed by atoms with Crippen LogP contribution in [0.3, 0.4) is 0 Å². The molecule has 3 nitrogen and oxygen atoms in total. The lowest BCUT2D eigenvalue weighted by atomic mass is 10.2. The summed E-state index contributed by atoms with van der Waals surface area (Å²) >= 11 is 0. The first kappa shape index (κ1) is 10.5. The van der Waals surface area contributed by atoms with E-state index in [4.69, 9.17) is 9.47 Å². The minimum Gasteiger partial charge on any atom is -0.451 e. The quantitative estimate of drug-likeness (QED) is 0.758. The van der Waals surface area contributed by atoms with Crippen LogP contribution in [0.15, 0.2) is 24.3 Å². The van der Waals surface area contributed by atoms with Crippen molar-refractivity contribution in [3.63, 3.8) is 0 Å². The fraction of sp³-hybridized carbons (Fsp3) is 0.500. The van der Waals surface area contributed by atoms with Gasteiger partial charge in [0.05, 0.1) is 6.61 Å². The lowest BCUT2D eigenvalue weighted by Crippen LogP contribution is -2.43. The van der Waals surface area contributed by atoms with E-state index in [1.807, 2.05) is 24.3 Å². The Morgan fingerprint density at radius 1 is 1.27 bits per heavy atom. The predicted octanol–water partition coefficient (Wildman–Crippen LogP) is 2.22. The number of fused-ring (bicyclic) bond motifs is 1. The van der Waals surface area contributed by atoms with Crippen LogP contribution < -0.4 is 4.74 Å². The molecule has 15 heavy (non-hydrogen) atoms. The van der Waals surface area contributed by atoms with Crippen molar-refractivity contribution >= 4 is 0 Å². The minimum absolute atomic E-state index is 0.227. The lowest BCUT2D eigenvalue weighted by molar-refractivity contribution is -0.193.